The SMILES string of the molecule is O=C1C(=O)N(CCCN2CCOCC2)C(c2cccc(Oc3ccccc3)c2)/C1=C(\O)c1ccc(OCc2ccccc2)cc1. The molecule has 1 N–H and O–H groups in total. The summed E-state index contributed by atoms with van der Waals surface area (Å²) in [6, 6.07) is 32.7. The number of ether oxygens (including phenoxy) is 3. The Bertz CT molecular complexity index is 1630. The lowest BCUT2D eigenvalue weighted by atomic mass is 9.95. The minimum absolute atomic E-state index is 0.0567. The van der Waals surface area contributed by atoms with Crippen molar-refractivity contribution in [1.29, 1.82) is 0 Å². The number of ketones is 1. The maximum atomic E-state index is 13.6. The fraction of sp³-hybridized carbons (Fsp3) is 0.243. The van der Waals surface area contributed by atoms with Crippen LogP contribution in [0.3, 0.4) is 0 Å². The number of carbonyl (C=O) groups excluding carboxylic acids is 2. The van der Waals surface area contributed by atoms with Gasteiger partial charge < -0.3 is 24.2 Å². The zero-order chi connectivity index (χ0) is 31.0. The third-order valence-electron chi connectivity index (χ3n) is 8.05. The van der Waals surface area contributed by atoms with E-state index < -0.39 is 17.7 Å². The number of para-hydroxylation sites is 1. The Labute approximate surface area is 263 Å². The number of hydrogen-bond acceptors (Lipinski definition) is 7. The van der Waals surface area contributed by atoms with Crippen molar-refractivity contribution < 1.29 is 28.9 Å². The number of amides is 1. The van der Waals surface area contributed by atoms with E-state index in [9.17, 15) is 14.7 Å². The van der Waals surface area contributed by atoms with Crippen LogP contribution in [0.25, 0.3) is 5.76 Å². The lowest BCUT2D eigenvalue weighted by Gasteiger charge is -2.29. The van der Waals surface area contributed by atoms with E-state index >= 15 is 0 Å². The fourth-order valence-corrected chi connectivity index (χ4v) is 5.72. The summed E-state index contributed by atoms with van der Waals surface area (Å²) in [5.41, 5.74) is 2.20. The quantitative estimate of drug-likeness (QED) is 0.124. The fourth-order valence-electron chi connectivity index (χ4n) is 5.72. The molecule has 2 fully saturated rings. The van der Waals surface area contributed by atoms with Gasteiger partial charge in [-0.05, 0) is 66.1 Å². The van der Waals surface area contributed by atoms with Crippen LogP contribution < -0.4 is 9.47 Å². The maximum absolute atomic E-state index is 13.6. The first kappa shape index (κ1) is 30.1. The van der Waals surface area contributed by atoms with Gasteiger partial charge in [-0.15, -0.1) is 0 Å². The van der Waals surface area contributed by atoms with Crippen molar-refractivity contribution >= 4 is 17.4 Å². The molecule has 4 aromatic rings. The largest absolute Gasteiger partial charge is 0.507 e. The summed E-state index contributed by atoms with van der Waals surface area (Å²) in [7, 11) is 0. The molecule has 230 valence electrons. The number of Topliss-reactive ketones (excluding diaryl/α,β-unsaturated/α-hetero) is 1. The highest BCUT2D eigenvalue weighted by molar-refractivity contribution is 6.46. The molecule has 0 aromatic heterocycles. The molecule has 2 heterocycles. The summed E-state index contributed by atoms with van der Waals surface area (Å²) in [6.45, 7) is 4.60. The van der Waals surface area contributed by atoms with Gasteiger partial charge in [0, 0.05) is 31.7 Å². The Kier molecular flexibility index (Phi) is 9.53. The highest BCUT2D eigenvalue weighted by Gasteiger charge is 2.46. The van der Waals surface area contributed by atoms with Crippen molar-refractivity contribution in [3.8, 4) is 17.2 Å². The Morgan fingerprint density at radius 2 is 1.47 bits per heavy atom. The molecule has 8 nitrogen and oxygen atoms in total. The molecule has 1 amide bonds. The molecule has 6 rings (SSSR count). The summed E-state index contributed by atoms with van der Waals surface area (Å²) in [5, 5.41) is 11.6. The standard InChI is InChI=1S/C37H36N2O6/c40-35(28-15-17-30(18-16-28)44-26-27-9-3-1-4-10-27)33-34(29-11-7-14-32(25-29)45-31-12-5-2-6-13-31)39(37(42)36(33)41)20-8-19-38-21-23-43-24-22-38/h1-7,9-18,25,34,40H,8,19-24,26H2/b35-33+. The normalized spacial score (nSPS) is 18.2. The average Bonchev–Trinajstić information content (AvgIpc) is 3.34. The molecule has 1 atom stereocenters. The molecular formula is C37H36N2O6. The number of likely N-dealkylation sites (tertiary alicyclic amines) is 1. The Balaban J connectivity index is 1.28. The topological polar surface area (TPSA) is 88.5 Å². The van der Waals surface area contributed by atoms with Gasteiger partial charge in [0.1, 0.15) is 29.6 Å². The van der Waals surface area contributed by atoms with Gasteiger partial charge >= 0.3 is 0 Å². The average molecular weight is 605 g/mol. The number of rotatable bonds is 11. The number of aliphatic hydroxyl groups is 1. The number of benzene rings is 4. The van der Waals surface area contributed by atoms with Crippen LogP contribution in [0.5, 0.6) is 17.2 Å². The van der Waals surface area contributed by atoms with E-state index in [0.717, 1.165) is 25.2 Å². The third-order valence-corrected chi connectivity index (χ3v) is 8.05. The first-order chi connectivity index (χ1) is 22.1. The minimum Gasteiger partial charge on any atom is -0.507 e. The third kappa shape index (κ3) is 7.25. The number of aliphatic hydroxyl groups excluding tert-OH is 1. The molecule has 0 bridgehead atoms. The molecule has 0 saturated carbocycles. The Hall–Kier alpha value is -4.92. The van der Waals surface area contributed by atoms with Gasteiger partial charge in [0.25, 0.3) is 11.7 Å². The first-order valence-electron chi connectivity index (χ1n) is 15.3. The van der Waals surface area contributed by atoms with Crippen molar-refractivity contribution in [2.24, 2.45) is 0 Å². The molecule has 0 aliphatic carbocycles. The van der Waals surface area contributed by atoms with E-state index in [-0.39, 0.29) is 11.3 Å². The molecule has 45 heavy (non-hydrogen) atoms. The Morgan fingerprint density at radius 1 is 0.778 bits per heavy atom. The lowest BCUT2D eigenvalue weighted by molar-refractivity contribution is -0.140. The van der Waals surface area contributed by atoms with E-state index in [1.165, 1.54) is 0 Å². The highest BCUT2D eigenvalue weighted by Crippen LogP contribution is 2.41. The van der Waals surface area contributed by atoms with Gasteiger partial charge in [0.05, 0.1) is 24.8 Å². The molecule has 2 aliphatic rings. The van der Waals surface area contributed by atoms with E-state index in [0.29, 0.717) is 61.2 Å². The van der Waals surface area contributed by atoms with Crippen molar-refractivity contribution in [1.82, 2.24) is 9.80 Å². The van der Waals surface area contributed by atoms with Crippen LogP contribution in [-0.4, -0.2) is 66.0 Å². The summed E-state index contributed by atoms with van der Waals surface area (Å²) in [4.78, 5) is 31.0. The van der Waals surface area contributed by atoms with E-state index in [1.54, 1.807) is 29.2 Å². The second kappa shape index (κ2) is 14.2. The predicted molar refractivity (Wildman–Crippen MR) is 171 cm³/mol. The molecule has 1 unspecified atom stereocenters. The van der Waals surface area contributed by atoms with E-state index in [2.05, 4.69) is 4.90 Å². The van der Waals surface area contributed by atoms with Crippen LogP contribution in [0.2, 0.25) is 0 Å². The van der Waals surface area contributed by atoms with Crippen LogP contribution in [0.1, 0.15) is 29.2 Å². The van der Waals surface area contributed by atoms with Gasteiger partial charge in [-0.2, -0.15) is 0 Å². The van der Waals surface area contributed by atoms with E-state index in [1.807, 2.05) is 84.9 Å². The number of hydrogen-bond donors (Lipinski definition) is 1. The van der Waals surface area contributed by atoms with Gasteiger partial charge in [0.2, 0.25) is 0 Å². The first-order valence-corrected chi connectivity index (χ1v) is 15.3. The highest BCUT2D eigenvalue weighted by atomic mass is 16.5. The summed E-state index contributed by atoms with van der Waals surface area (Å²) in [5.74, 6) is 0.309. The molecular weight excluding hydrogens is 568 g/mol. The summed E-state index contributed by atoms with van der Waals surface area (Å²) in [6.07, 6.45) is 0.678. The van der Waals surface area contributed by atoms with Crippen LogP contribution in [0.4, 0.5) is 0 Å². The van der Waals surface area contributed by atoms with Crippen LogP contribution in [0.15, 0.2) is 115 Å². The molecule has 0 spiro atoms. The predicted octanol–water partition coefficient (Wildman–Crippen LogP) is 6.20. The number of carbonyl (C=O) groups is 2. The maximum Gasteiger partial charge on any atom is 0.295 e. The Morgan fingerprint density at radius 3 is 2.20 bits per heavy atom. The van der Waals surface area contributed by atoms with E-state index in [4.69, 9.17) is 14.2 Å². The zero-order valence-corrected chi connectivity index (χ0v) is 25.0. The molecule has 0 radical (unpaired) electrons. The van der Waals surface area contributed by atoms with Crippen molar-refractivity contribution in [2.45, 2.75) is 19.1 Å². The molecule has 8 heteroatoms. The summed E-state index contributed by atoms with van der Waals surface area (Å²) >= 11 is 0. The van der Waals surface area contributed by atoms with Gasteiger partial charge in [-0.3, -0.25) is 14.5 Å². The molecule has 2 aliphatic heterocycles. The number of morpholine rings is 1. The van der Waals surface area contributed by atoms with Crippen molar-refractivity contribution in [2.75, 3.05) is 39.4 Å². The molecule has 4 aromatic carbocycles. The zero-order valence-electron chi connectivity index (χ0n) is 25.0. The smallest absolute Gasteiger partial charge is 0.295 e. The second-order valence-corrected chi connectivity index (χ2v) is 11.1. The van der Waals surface area contributed by atoms with Gasteiger partial charge in [-0.25, -0.2) is 0 Å². The van der Waals surface area contributed by atoms with Crippen LogP contribution >= 0.6 is 0 Å². The van der Waals surface area contributed by atoms with Crippen LogP contribution in [-0.2, 0) is 20.9 Å². The minimum atomic E-state index is -0.775. The molecule has 2 saturated heterocycles. The lowest BCUT2D eigenvalue weighted by Crippen LogP contribution is -2.38. The van der Waals surface area contributed by atoms with Gasteiger partial charge in [-0.1, -0.05) is 60.7 Å². The summed E-state index contributed by atoms with van der Waals surface area (Å²) < 4.78 is 17.4. The van der Waals surface area contributed by atoms with Crippen molar-refractivity contribution in [3.05, 3.63) is 131 Å². The van der Waals surface area contributed by atoms with Crippen LogP contribution in [0, 0.1) is 0 Å². The monoisotopic (exact) mass is 604 g/mol. The second-order valence-electron chi connectivity index (χ2n) is 11.1. The van der Waals surface area contributed by atoms with Crippen molar-refractivity contribution in [3.63, 3.8) is 0 Å². The van der Waals surface area contributed by atoms with Gasteiger partial charge in [0.15, 0.2) is 0 Å². The number of nitrogens with zero attached hydrogens (tertiary/aromatic N) is 2.